The van der Waals surface area contributed by atoms with E-state index < -0.39 is 0 Å². The molecule has 0 heterocycles. The van der Waals surface area contributed by atoms with Crippen molar-refractivity contribution < 1.29 is 0 Å². The first kappa shape index (κ1) is 9.89. The molecule has 0 aromatic carbocycles. The van der Waals surface area contributed by atoms with Crippen LogP contribution in [0.5, 0.6) is 0 Å². The number of hydrogen-bond acceptors (Lipinski definition) is 0. The topological polar surface area (TPSA) is 0 Å². The van der Waals surface area contributed by atoms with Gasteiger partial charge in [-0.15, -0.1) is 0 Å². The fourth-order valence-corrected chi connectivity index (χ4v) is 3.30. The lowest BCUT2D eigenvalue weighted by Gasteiger charge is -2.36. The summed E-state index contributed by atoms with van der Waals surface area (Å²) in [5.41, 5.74) is 6.18. The zero-order valence-corrected chi connectivity index (χ0v) is 10.0. The predicted molar refractivity (Wildman–Crippen MR) is 69.0 cm³/mol. The van der Waals surface area contributed by atoms with Crippen molar-refractivity contribution in [2.24, 2.45) is 11.8 Å². The quantitative estimate of drug-likeness (QED) is 0.558. The highest BCUT2D eigenvalue weighted by atomic mass is 14.3. The maximum atomic E-state index is 2.43. The summed E-state index contributed by atoms with van der Waals surface area (Å²) in [6.45, 7) is 4.55. The summed E-state index contributed by atoms with van der Waals surface area (Å²) in [5.74, 6) is 1.22. The van der Waals surface area contributed by atoms with Crippen LogP contribution in [0.25, 0.3) is 0 Å². The maximum absolute atomic E-state index is 2.43. The van der Waals surface area contributed by atoms with Crippen molar-refractivity contribution in [3.05, 3.63) is 58.7 Å². The fraction of sp³-hybridized carbons (Fsp3) is 0.375. The van der Waals surface area contributed by atoms with Crippen LogP contribution < -0.4 is 0 Å². The van der Waals surface area contributed by atoms with E-state index in [0.717, 1.165) is 0 Å². The molecule has 82 valence electrons. The van der Waals surface area contributed by atoms with Crippen LogP contribution in [0.1, 0.15) is 26.7 Å². The molecule has 0 radical (unpaired) electrons. The van der Waals surface area contributed by atoms with Gasteiger partial charge in [0, 0.05) is 11.8 Å². The Morgan fingerprint density at radius 1 is 1.19 bits per heavy atom. The molecular weight excluding hydrogens is 192 g/mol. The highest BCUT2D eigenvalue weighted by Gasteiger charge is 2.31. The van der Waals surface area contributed by atoms with E-state index >= 15 is 0 Å². The Bertz CT molecular complexity index is 466. The summed E-state index contributed by atoms with van der Waals surface area (Å²) in [4.78, 5) is 0. The van der Waals surface area contributed by atoms with Gasteiger partial charge in [0.1, 0.15) is 0 Å². The second-order valence-corrected chi connectivity index (χ2v) is 5.11. The van der Waals surface area contributed by atoms with Gasteiger partial charge in [-0.2, -0.15) is 0 Å². The van der Waals surface area contributed by atoms with Crippen molar-refractivity contribution in [1.82, 2.24) is 0 Å². The van der Waals surface area contributed by atoms with E-state index in [0.29, 0.717) is 11.8 Å². The third-order valence-corrected chi connectivity index (χ3v) is 4.03. The summed E-state index contributed by atoms with van der Waals surface area (Å²) >= 11 is 0. The summed E-state index contributed by atoms with van der Waals surface area (Å²) in [6, 6.07) is 0. The Morgan fingerprint density at radius 2 is 2.06 bits per heavy atom. The van der Waals surface area contributed by atoms with E-state index in [1.165, 1.54) is 24.0 Å². The molecule has 0 saturated heterocycles. The molecule has 0 saturated carbocycles. The molecule has 0 aliphatic heterocycles. The van der Waals surface area contributed by atoms with Gasteiger partial charge in [0.15, 0.2) is 0 Å². The number of fused-ring (bicyclic) bond motifs is 2. The summed E-state index contributed by atoms with van der Waals surface area (Å²) < 4.78 is 0. The first-order chi connectivity index (χ1) is 7.77. The Balaban J connectivity index is 2.11. The smallest absolute Gasteiger partial charge is 0.0127 e. The van der Waals surface area contributed by atoms with Crippen LogP contribution in [0.3, 0.4) is 0 Å². The average Bonchev–Trinajstić information content (AvgIpc) is 2.29. The van der Waals surface area contributed by atoms with Crippen LogP contribution in [0, 0.1) is 11.8 Å². The number of allylic oxidation sites excluding steroid dienone is 10. The molecule has 0 fully saturated rings. The third-order valence-electron chi connectivity index (χ3n) is 4.03. The molecule has 0 amide bonds. The molecule has 0 aromatic rings. The second-order valence-electron chi connectivity index (χ2n) is 5.11. The van der Waals surface area contributed by atoms with Crippen molar-refractivity contribution in [1.29, 1.82) is 0 Å². The van der Waals surface area contributed by atoms with Gasteiger partial charge in [-0.3, -0.25) is 0 Å². The lowest BCUT2D eigenvalue weighted by atomic mass is 9.68. The molecule has 0 spiro atoms. The second kappa shape index (κ2) is 3.62. The molecule has 3 aliphatic rings. The van der Waals surface area contributed by atoms with Gasteiger partial charge in [0.05, 0.1) is 0 Å². The third kappa shape index (κ3) is 1.36. The molecule has 0 N–H and O–H groups in total. The zero-order valence-electron chi connectivity index (χ0n) is 10.0. The SMILES string of the molecule is CC1=CC=CC2C3=C(C=C(C)C12)CCC=C3. The highest BCUT2D eigenvalue weighted by Crippen LogP contribution is 2.44. The van der Waals surface area contributed by atoms with Gasteiger partial charge in [0.2, 0.25) is 0 Å². The van der Waals surface area contributed by atoms with Crippen molar-refractivity contribution >= 4 is 0 Å². The van der Waals surface area contributed by atoms with Gasteiger partial charge >= 0.3 is 0 Å². The van der Waals surface area contributed by atoms with E-state index in [2.05, 4.69) is 50.3 Å². The normalized spacial score (nSPS) is 31.9. The lowest BCUT2D eigenvalue weighted by Crippen LogP contribution is -2.24. The van der Waals surface area contributed by atoms with Crippen LogP contribution in [0.2, 0.25) is 0 Å². The number of hydrogen-bond donors (Lipinski definition) is 0. The highest BCUT2D eigenvalue weighted by molar-refractivity contribution is 5.50. The minimum Gasteiger partial charge on any atom is -0.0839 e. The van der Waals surface area contributed by atoms with Gasteiger partial charge < -0.3 is 0 Å². The van der Waals surface area contributed by atoms with Crippen LogP contribution in [-0.2, 0) is 0 Å². The minimum atomic E-state index is 0.599. The van der Waals surface area contributed by atoms with E-state index in [1.54, 1.807) is 11.1 Å². The molecule has 0 nitrogen and oxygen atoms in total. The molecule has 0 aromatic heterocycles. The Kier molecular flexibility index (Phi) is 2.24. The van der Waals surface area contributed by atoms with E-state index in [-0.39, 0.29) is 0 Å². The summed E-state index contributed by atoms with van der Waals surface area (Å²) in [5, 5.41) is 0. The molecule has 0 bridgehead atoms. The Hall–Kier alpha value is -1.30. The molecule has 2 unspecified atom stereocenters. The van der Waals surface area contributed by atoms with Crippen LogP contribution in [0.4, 0.5) is 0 Å². The van der Waals surface area contributed by atoms with E-state index in [9.17, 15) is 0 Å². The summed E-state index contributed by atoms with van der Waals surface area (Å²) in [7, 11) is 0. The van der Waals surface area contributed by atoms with Crippen LogP contribution in [0.15, 0.2) is 58.7 Å². The van der Waals surface area contributed by atoms with Gasteiger partial charge in [0.25, 0.3) is 0 Å². The predicted octanol–water partition coefficient (Wildman–Crippen LogP) is 4.34. The van der Waals surface area contributed by atoms with E-state index in [4.69, 9.17) is 0 Å². The number of rotatable bonds is 0. The molecule has 3 rings (SSSR count). The van der Waals surface area contributed by atoms with Crippen molar-refractivity contribution in [3.8, 4) is 0 Å². The molecular formula is C16H18. The molecule has 0 heteroatoms. The molecule has 3 aliphatic carbocycles. The monoisotopic (exact) mass is 210 g/mol. The van der Waals surface area contributed by atoms with Gasteiger partial charge in [-0.05, 0) is 37.8 Å². The van der Waals surface area contributed by atoms with Crippen molar-refractivity contribution in [3.63, 3.8) is 0 Å². The standard InChI is InChI=1S/C16H18/c1-11-6-5-9-15-14-8-4-3-7-13(14)10-12(2)16(11)15/h4-6,8-10,15-16H,3,7H2,1-2H3. The first-order valence-corrected chi connectivity index (χ1v) is 6.20. The molecule has 16 heavy (non-hydrogen) atoms. The zero-order chi connectivity index (χ0) is 11.1. The lowest BCUT2D eigenvalue weighted by molar-refractivity contribution is 0.559. The fourth-order valence-electron chi connectivity index (χ4n) is 3.30. The van der Waals surface area contributed by atoms with Gasteiger partial charge in [-0.1, -0.05) is 47.6 Å². The van der Waals surface area contributed by atoms with Crippen LogP contribution in [-0.4, -0.2) is 0 Å². The van der Waals surface area contributed by atoms with E-state index in [1.807, 2.05) is 0 Å². The first-order valence-electron chi connectivity index (χ1n) is 6.20. The minimum absolute atomic E-state index is 0.599. The van der Waals surface area contributed by atoms with Gasteiger partial charge in [-0.25, -0.2) is 0 Å². The maximum Gasteiger partial charge on any atom is 0.0127 e. The van der Waals surface area contributed by atoms with Crippen LogP contribution >= 0.6 is 0 Å². The Labute approximate surface area is 97.7 Å². The summed E-state index contributed by atoms with van der Waals surface area (Å²) in [6.07, 6.45) is 16.4. The van der Waals surface area contributed by atoms with Crippen molar-refractivity contribution in [2.45, 2.75) is 26.7 Å². The Morgan fingerprint density at radius 3 is 2.94 bits per heavy atom. The molecule has 2 atom stereocenters. The van der Waals surface area contributed by atoms with Crippen molar-refractivity contribution in [2.75, 3.05) is 0 Å². The largest absolute Gasteiger partial charge is 0.0839 e. The average molecular weight is 210 g/mol.